The predicted octanol–water partition coefficient (Wildman–Crippen LogP) is 0.745. The zero-order valence-electron chi connectivity index (χ0n) is 9.07. The van der Waals surface area contributed by atoms with Crippen molar-refractivity contribution in [1.29, 1.82) is 0 Å². The molecule has 4 N–H and O–H groups in total. The maximum absolute atomic E-state index is 5.79. The van der Waals surface area contributed by atoms with Crippen molar-refractivity contribution in [3.8, 4) is 0 Å². The Labute approximate surface area is 93.3 Å². The molecule has 0 fully saturated rings. The summed E-state index contributed by atoms with van der Waals surface area (Å²) in [4.78, 5) is 8.34. The van der Waals surface area contributed by atoms with Crippen molar-refractivity contribution in [2.45, 2.75) is 13.3 Å². The second-order valence-corrected chi connectivity index (χ2v) is 3.50. The van der Waals surface area contributed by atoms with Crippen molar-refractivity contribution in [3.05, 3.63) is 30.0 Å². The van der Waals surface area contributed by atoms with Gasteiger partial charge in [0.15, 0.2) is 0 Å². The lowest BCUT2D eigenvalue weighted by molar-refractivity contribution is 0.896. The molecule has 0 spiro atoms. The molecule has 2 rings (SSSR count). The Hall–Kier alpha value is -2.11. The van der Waals surface area contributed by atoms with Gasteiger partial charge >= 0.3 is 0 Å². The summed E-state index contributed by atoms with van der Waals surface area (Å²) in [5, 5.41) is 9.74. The zero-order valence-corrected chi connectivity index (χ0v) is 9.07. The summed E-state index contributed by atoms with van der Waals surface area (Å²) >= 11 is 0. The van der Waals surface area contributed by atoms with Crippen LogP contribution in [0.4, 0.5) is 11.5 Å². The molecule has 2 aromatic rings. The molecule has 2 aromatic heterocycles. The summed E-state index contributed by atoms with van der Waals surface area (Å²) in [6, 6.07) is 3.73. The van der Waals surface area contributed by atoms with Crippen LogP contribution in [0.5, 0.6) is 0 Å². The van der Waals surface area contributed by atoms with Crippen LogP contribution in [0.3, 0.4) is 0 Å². The first kappa shape index (κ1) is 10.4. The second-order valence-electron chi connectivity index (χ2n) is 3.50. The van der Waals surface area contributed by atoms with E-state index in [0.717, 1.165) is 30.3 Å². The molecule has 0 aliphatic rings. The van der Waals surface area contributed by atoms with Crippen LogP contribution in [-0.4, -0.2) is 26.7 Å². The van der Waals surface area contributed by atoms with Gasteiger partial charge in [-0.15, -0.1) is 0 Å². The van der Waals surface area contributed by atoms with Crippen LogP contribution >= 0.6 is 0 Å². The third kappa shape index (κ3) is 2.47. The van der Waals surface area contributed by atoms with Crippen molar-refractivity contribution >= 4 is 11.5 Å². The van der Waals surface area contributed by atoms with Crippen LogP contribution in [0, 0.1) is 6.92 Å². The average molecular weight is 218 g/mol. The summed E-state index contributed by atoms with van der Waals surface area (Å²) in [5.74, 6) is 1.57. The fourth-order valence-electron chi connectivity index (χ4n) is 1.36. The molecular weight excluding hydrogens is 204 g/mol. The van der Waals surface area contributed by atoms with Crippen LogP contribution < -0.4 is 11.1 Å². The Morgan fingerprint density at radius 3 is 3.06 bits per heavy atom. The standard InChI is InChI=1S/C10H14N6/c1-7-2-3-8(11)10(15-7)12-5-4-9-13-6-14-16-9/h2-3,6H,4-5,11H2,1H3,(H,12,15)(H,13,14,16). The fourth-order valence-corrected chi connectivity index (χ4v) is 1.36. The molecule has 84 valence electrons. The number of anilines is 2. The number of rotatable bonds is 4. The van der Waals surface area contributed by atoms with Crippen molar-refractivity contribution in [2.24, 2.45) is 0 Å². The number of H-pyrrole nitrogens is 1. The van der Waals surface area contributed by atoms with Gasteiger partial charge < -0.3 is 11.1 Å². The van der Waals surface area contributed by atoms with E-state index in [1.807, 2.05) is 19.1 Å². The Morgan fingerprint density at radius 1 is 1.44 bits per heavy atom. The zero-order chi connectivity index (χ0) is 11.4. The lowest BCUT2D eigenvalue weighted by Gasteiger charge is -2.07. The number of nitrogens with one attached hydrogen (secondary N) is 2. The minimum atomic E-state index is 0.656. The highest BCUT2D eigenvalue weighted by atomic mass is 15.2. The van der Waals surface area contributed by atoms with Gasteiger partial charge in [0.25, 0.3) is 0 Å². The normalized spacial score (nSPS) is 10.3. The van der Waals surface area contributed by atoms with Gasteiger partial charge in [0.05, 0.1) is 5.69 Å². The van der Waals surface area contributed by atoms with Gasteiger partial charge in [-0.2, -0.15) is 5.10 Å². The minimum Gasteiger partial charge on any atom is -0.396 e. The number of aryl methyl sites for hydroxylation is 1. The van der Waals surface area contributed by atoms with E-state index < -0.39 is 0 Å². The number of aromatic amines is 1. The van der Waals surface area contributed by atoms with Gasteiger partial charge in [0, 0.05) is 18.7 Å². The first-order chi connectivity index (χ1) is 7.75. The number of nitrogens with two attached hydrogens (primary N) is 1. The number of nitrogen functional groups attached to an aromatic ring is 1. The fraction of sp³-hybridized carbons (Fsp3) is 0.300. The Kier molecular flexibility index (Phi) is 3.00. The first-order valence-corrected chi connectivity index (χ1v) is 5.07. The lowest BCUT2D eigenvalue weighted by Crippen LogP contribution is -2.09. The van der Waals surface area contributed by atoms with E-state index in [2.05, 4.69) is 25.5 Å². The van der Waals surface area contributed by atoms with Gasteiger partial charge in [-0.3, -0.25) is 5.10 Å². The smallest absolute Gasteiger partial charge is 0.149 e. The number of hydrogen-bond acceptors (Lipinski definition) is 5. The number of pyridine rings is 1. The molecule has 0 aromatic carbocycles. The largest absolute Gasteiger partial charge is 0.396 e. The van der Waals surface area contributed by atoms with E-state index in [-0.39, 0.29) is 0 Å². The van der Waals surface area contributed by atoms with Gasteiger partial charge in [-0.25, -0.2) is 9.97 Å². The highest BCUT2D eigenvalue weighted by Crippen LogP contribution is 2.14. The highest BCUT2D eigenvalue weighted by Gasteiger charge is 2.01. The quantitative estimate of drug-likeness (QED) is 0.704. The maximum atomic E-state index is 5.79. The molecule has 0 amide bonds. The third-order valence-corrected chi connectivity index (χ3v) is 2.18. The molecule has 0 bridgehead atoms. The molecule has 0 aliphatic heterocycles. The van der Waals surface area contributed by atoms with E-state index >= 15 is 0 Å². The number of hydrogen-bond donors (Lipinski definition) is 3. The Morgan fingerprint density at radius 2 is 2.31 bits per heavy atom. The molecule has 2 heterocycles. The van der Waals surface area contributed by atoms with E-state index in [1.165, 1.54) is 6.33 Å². The summed E-state index contributed by atoms with van der Waals surface area (Å²) in [6.45, 7) is 2.65. The van der Waals surface area contributed by atoms with Gasteiger partial charge in [-0.1, -0.05) is 0 Å². The third-order valence-electron chi connectivity index (χ3n) is 2.18. The van der Waals surface area contributed by atoms with Crippen LogP contribution in [0.15, 0.2) is 18.5 Å². The number of aromatic nitrogens is 4. The lowest BCUT2D eigenvalue weighted by atomic mass is 10.3. The van der Waals surface area contributed by atoms with Gasteiger partial charge in [0.2, 0.25) is 0 Å². The molecule has 0 unspecified atom stereocenters. The average Bonchev–Trinajstić information content (AvgIpc) is 2.76. The van der Waals surface area contributed by atoms with Crippen molar-refractivity contribution < 1.29 is 0 Å². The van der Waals surface area contributed by atoms with E-state index in [9.17, 15) is 0 Å². The van der Waals surface area contributed by atoms with Crippen molar-refractivity contribution in [3.63, 3.8) is 0 Å². The summed E-state index contributed by atoms with van der Waals surface area (Å²) < 4.78 is 0. The van der Waals surface area contributed by atoms with Crippen molar-refractivity contribution in [2.75, 3.05) is 17.6 Å². The topological polar surface area (TPSA) is 92.5 Å². The monoisotopic (exact) mass is 218 g/mol. The van der Waals surface area contributed by atoms with Crippen molar-refractivity contribution in [1.82, 2.24) is 20.2 Å². The summed E-state index contributed by atoms with van der Waals surface area (Å²) in [5.41, 5.74) is 7.38. The summed E-state index contributed by atoms with van der Waals surface area (Å²) in [7, 11) is 0. The molecule has 16 heavy (non-hydrogen) atoms. The van der Waals surface area contributed by atoms with Crippen LogP contribution in [-0.2, 0) is 6.42 Å². The second kappa shape index (κ2) is 4.61. The van der Waals surface area contributed by atoms with Gasteiger partial charge in [-0.05, 0) is 19.1 Å². The minimum absolute atomic E-state index is 0.656. The predicted molar refractivity (Wildman–Crippen MR) is 62.0 cm³/mol. The first-order valence-electron chi connectivity index (χ1n) is 5.07. The van der Waals surface area contributed by atoms with Crippen LogP contribution in [0.25, 0.3) is 0 Å². The molecule has 0 saturated heterocycles. The molecule has 0 radical (unpaired) electrons. The molecule has 6 heteroatoms. The number of nitrogens with zero attached hydrogens (tertiary/aromatic N) is 3. The van der Waals surface area contributed by atoms with Crippen LogP contribution in [0.2, 0.25) is 0 Å². The van der Waals surface area contributed by atoms with Crippen LogP contribution in [0.1, 0.15) is 11.5 Å². The molecule has 0 saturated carbocycles. The van der Waals surface area contributed by atoms with Gasteiger partial charge in [0.1, 0.15) is 18.0 Å². The Balaban J connectivity index is 1.92. The van der Waals surface area contributed by atoms with E-state index in [1.54, 1.807) is 0 Å². The van der Waals surface area contributed by atoms with E-state index in [4.69, 9.17) is 5.73 Å². The Bertz CT molecular complexity index is 450. The molecule has 0 aliphatic carbocycles. The molecule has 6 nitrogen and oxygen atoms in total. The SMILES string of the molecule is Cc1ccc(N)c(NCCc2ncn[nH]2)n1. The van der Waals surface area contributed by atoms with E-state index in [0.29, 0.717) is 5.69 Å². The molecule has 0 atom stereocenters. The summed E-state index contributed by atoms with van der Waals surface area (Å²) in [6.07, 6.45) is 2.25. The highest BCUT2D eigenvalue weighted by molar-refractivity contribution is 5.61. The maximum Gasteiger partial charge on any atom is 0.149 e. The molecular formula is C10H14N6.